The van der Waals surface area contributed by atoms with Crippen LogP contribution in [-0.2, 0) is 5.75 Å². The minimum Gasteiger partial charge on any atom is -0.468 e. The molecule has 0 bridgehead atoms. The molecule has 1 aromatic heterocycles. The lowest BCUT2D eigenvalue weighted by Crippen LogP contribution is -1.87. The lowest BCUT2D eigenvalue weighted by atomic mass is 10.2. The fourth-order valence-electron chi connectivity index (χ4n) is 1.40. The first-order valence-electron chi connectivity index (χ1n) is 5.05. The van der Waals surface area contributed by atoms with Crippen LogP contribution in [0.15, 0.2) is 53.1 Å². The van der Waals surface area contributed by atoms with Crippen LogP contribution >= 0.6 is 11.8 Å². The van der Waals surface area contributed by atoms with Gasteiger partial charge in [-0.25, -0.2) is 0 Å². The molecule has 1 heterocycles. The number of hydrogen-bond acceptors (Lipinski definition) is 2. The largest absolute Gasteiger partial charge is 0.468 e. The highest BCUT2D eigenvalue weighted by Gasteiger charge is 2.08. The third-order valence-corrected chi connectivity index (χ3v) is 3.52. The maximum atomic E-state index is 5.36. The van der Waals surface area contributed by atoms with Crippen LogP contribution in [0.2, 0.25) is 0 Å². The van der Waals surface area contributed by atoms with Gasteiger partial charge >= 0.3 is 0 Å². The first-order valence-corrected chi connectivity index (χ1v) is 6.10. The second-order valence-electron chi connectivity index (χ2n) is 3.45. The Morgan fingerprint density at radius 2 is 1.93 bits per heavy atom. The molecule has 15 heavy (non-hydrogen) atoms. The summed E-state index contributed by atoms with van der Waals surface area (Å²) in [5.74, 6) is 2.08. The van der Waals surface area contributed by atoms with Gasteiger partial charge in [0.1, 0.15) is 5.76 Å². The third kappa shape index (κ3) is 2.90. The SMILES string of the molecule is CC(SCc1ccccc1)c1ccco1. The van der Waals surface area contributed by atoms with E-state index in [0.717, 1.165) is 11.5 Å². The summed E-state index contributed by atoms with van der Waals surface area (Å²) in [6, 6.07) is 14.5. The van der Waals surface area contributed by atoms with Gasteiger partial charge in [-0.15, -0.1) is 11.8 Å². The van der Waals surface area contributed by atoms with Crippen molar-refractivity contribution in [1.82, 2.24) is 0 Å². The predicted molar refractivity (Wildman–Crippen MR) is 64.9 cm³/mol. The van der Waals surface area contributed by atoms with Gasteiger partial charge in [0.2, 0.25) is 0 Å². The topological polar surface area (TPSA) is 13.1 Å². The lowest BCUT2D eigenvalue weighted by Gasteiger charge is -2.07. The number of hydrogen-bond donors (Lipinski definition) is 0. The van der Waals surface area contributed by atoms with Crippen LogP contribution in [-0.4, -0.2) is 0 Å². The van der Waals surface area contributed by atoms with Gasteiger partial charge in [-0.05, 0) is 24.6 Å². The van der Waals surface area contributed by atoms with Gasteiger partial charge in [-0.1, -0.05) is 30.3 Å². The molecule has 0 saturated carbocycles. The van der Waals surface area contributed by atoms with Crippen LogP contribution in [0.5, 0.6) is 0 Å². The normalized spacial score (nSPS) is 12.6. The molecule has 0 aliphatic carbocycles. The Morgan fingerprint density at radius 1 is 1.13 bits per heavy atom. The van der Waals surface area contributed by atoms with Crippen LogP contribution in [0.25, 0.3) is 0 Å². The molecule has 1 aromatic carbocycles. The molecule has 0 fully saturated rings. The molecule has 0 spiro atoms. The van der Waals surface area contributed by atoms with Crippen molar-refractivity contribution in [2.75, 3.05) is 0 Å². The number of rotatable bonds is 4. The van der Waals surface area contributed by atoms with Gasteiger partial charge in [-0.3, -0.25) is 0 Å². The van der Waals surface area contributed by atoms with Crippen molar-refractivity contribution in [3.05, 3.63) is 60.1 Å². The van der Waals surface area contributed by atoms with Crippen LogP contribution in [0.1, 0.15) is 23.5 Å². The van der Waals surface area contributed by atoms with Crippen LogP contribution < -0.4 is 0 Å². The third-order valence-electron chi connectivity index (χ3n) is 2.29. The van der Waals surface area contributed by atoms with E-state index >= 15 is 0 Å². The Morgan fingerprint density at radius 3 is 2.60 bits per heavy atom. The monoisotopic (exact) mass is 218 g/mol. The molecule has 0 saturated heterocycles. The van der Waals surface area contributed by atoms with E-state index in [1.165, 1.54) is 5.56 Å². The summed E-state index contributed by atoms with van der Waals surface area (Å²) >= 11 is 1.89. The molecule has 1 nitrogen and oxygen atoms in total. The highest BCUT2D eigenvalue weighted by atomic mass is 32.2. The molecule has 78 valence electrons. The summed E-state index contributed by atoms with van der Waals surface area (Å²) in [6.07, 6.45) is 1.73. The van der Waals surface area contributed by atoms with E-state index in [4.69, 9.17) is 4.42 Å². The summed E-state index contributed by atoms with van der Waals surface area (Å²) in [7, 11) is 0. The quantitative estimate of drug-likeness (QED) is 0.760. The van der Waals surface area contributed by atoms with E-state index in [1.54, 1.807) is 6.26 Å². The van der Waals surface area contributed by atoms with Crippen molar-refractivity contribution in [1.29, 1.82) is 0 Å². The van der Waals surface area contributed by atoms with E-state index < -0.39 is 0 Å². The second-order valence-corrected chi connectivity index (χ2v) is 4.78. The van der Waals surface area contributed by atoms with Gasteiger partial charge in [-0.2, -0.15) is 0 Å². The van der Waals surface area contributed by atoms with E-state index in [1.807, 2.05) is 30.0 Å². The van der Waals surface area contributed by atoms with E-state index in [9.17, 15) is 0 Å². The molecule has 0 amide bonds. The average Bonchev–Trinajstić information content (AvgIpc) is 2.81. The highest BCUT2D eigenvalue weighted by molar-refractivity contribution is 7.98. The summed E-state index contributed by atoms with van der Waals surface area (Å²) in [4.78, 5) is 0. The molecule has 1 unspecified atom stereocenters. The molecular formula is C13H14OS. The van der Waals surface area contributed by atoms with Gasteiger partial charge in [0.15, 0.2) is 0 Å². The van der Waals surface area contributed by atoms with Crippen LogP contribution in [0.4, 0.5) is 0 Å². The second kappa shape index (κ2) is 5.08. The number of benzene rings is 1. The first kappa shape index (κ1) is 10.4. The Hall–Kier alpha value is -1.15. The van der Waals surface area contributed by atoms with Crippen LogP contribution in [0, 0.1) is 0 Å². The molecule has 2 heteroatoms. The molecule has 1 atom stereocenters. The maximum absolute atomic E-state index is 5.36. The average molecular weight is 218 g/mol. The van der Waals surface area contributed by atoms with E-state index in [-0.39, 0.29) is 0 Å². The molecule has 2 rings (SSSR count). The fraction of sp³-hybridized carbons (Fsp3) is 0.231. The van der Waals surface area contributed by atoms with Crippen molar-refractivity contribution in [3.8, 4) is 0 Å². The van der Waals surface area contributed by atoms with E-state index in [2.05, 4.69) is 31.2 Å². The number of thioether (sulfide) groups is 1. The number of furan rings is 1. The van der Waals surface area contributed by atoms with Crippen molar-refractivity contribution in [3.63, 3.8) is 0 Å². The molecule has 0 aliphatic rings. The Balaban J connectivity index is 1.89. The van der Waals surface area contributed by atoms with Crippen molar-refractivity contribution in [2.45, 2.75) is 17.9 Å². The van der Waals surface area contributed by atoms with Crippen molar-refractivity contribution >= 4 is 11.8 Å². The summed E-state index contributed by atoms with van der Waals surface area (Å²) in [5.41, 5.74) is 1.36. The Bertz CT molecular complexity index is 380. The maximum Gasteiger partial charge on any atom is 0.116 e. The van der Waals surface area contributed by atoms with Gasteiger partial charge in [0.25, 0.3) is 0 Å². The smallest absolute Gasteiger partial charge is 0.116 e. The zero-order chi connectivity index (χ0) is 10.5. The summed E-state index contributed by atoms with van der Waals surface area (Å²) in [5, 5.41) is 0.417. The minimum absolute atomic E-state index is 0.417. The van der Waals surface area contributed by atoms with Gasteiger partial charge < -0.3 is 4.42 Å². The highest BCUT2D eigenvalue weighted by Crippen LogP contribution is 2.30. The minimum atomic E-state index is 0.417. The molecule has 2 aromatic rings. The molecule has 0 N–H and O–H groups in total. The Labute approximate surface area is 94.5 Å². The molecule has 0 aliphatic heterocycles. The molecular weight excluding hydrogens is 204 g/mol. The lowest BCUT2D eigenvalue weighted by molar-refractivity contribution is 0.513. The van der Waals surface area contributed by atoms with Crippen molar-refractivity contribution in [2.24, 2.45) is 0 Å². The van der Waals surface area contributed by atoms with Gasteiger partial charge in [0, 0.05) is 5.75 Å². The Kier molecular flexibility index (Phi) is 3.51. The zero-order valence-corrected chi connectivity index (χ0v) is 9.54. The van der Waals surface area contributed by atoms with Gasteiger partial charge in [0.05, 0.1) is 11.5 Å². The molecule has 0 radical (unpaired) electrons. The first-order chi connectivity index (χ1) is 7.36. The summed E-state index contributed by atoms with van der Waals surface area (Å²) < 4.78 is 5.36. The zero-order valence-electron chi connectivity index (χ0n) is 8.72. The predicted octanol–water partition coefficient (Wildman–Crippen LogP) is 4.27. The summed E-state index contributed by atoms with van der Waals surface area (Å²) in [6.45, 7) is 2.17. The standard InChI is InChI=1S/C13H14OS/c1-11(13-8-5-9-14-13)15-10-12-6-3-2-4-7-12/h2-9,11H,10H2,1H3. The van der Waals surface area contributed by atoms with E-state index in [0.29, 0.717) is 5.25 Å². The van der Waals surface area contributed by atoms with Crippen LogP contribution in [0.3, 0.4) is 0 Å². The fourth-order valence-corrected chi connectivity index (χ4v) is 2.33. The van der Waals surface area contributed by atoms with Crippen molar-refractivity contribution < 1.29 is 4.42 Å².